The highest BCUT2D eigenvalue weighted by Gasteiger charge is 2.07. The second-order valence-electron chi connectivity index (χ2n) is 4.62. The lowest BCUT2D eigenvalue weighted by atomic mass is 9.91. The third-order valence-electron chi connectivity index (χ3n) is 2.84. The summed E-state index contributed by atoms with van der Waals surface area (Å²) in [6.45, 7) is 11.3. The standard InChI is InChI=1S/C14H22/c1-6-12-7-8-13(10(2)3)9-14(12)11(4)5/h7-11H,6H2,1-5H3. The van der Waals surface area contributed by atoms with Crippen LogP contribution in [0.25, 0.3) is 0 Å². The number of benzene rings is 1. The van der Waals surface area contributed by atoms with Gasteiger partial charge in [-0.25, -0.2) is 0 Å². The molecule has 0 heteroatoms. The normalized spacial score (nSPS) is 11.4. The monoisotopic (exact) mass is 190 g/mol. The topological polar surface area (TPSA) is 0 Å². The van der Waals surface area contributed by atoms with Gasteiger partial charge in [0, 0.05) is 0 Å². The Morgan fingerprint density at radius 1 is 1.00 bits per heavy atom. The van der Waals surface area contributed by atoms with Crippen molar-refractivity contribution in [3.8, 4) is 0 Å². The minimum Gasteiger partial charge on any atom is -0.0613 e. The highest BCUT2D eigenvalue weighted by atomic mass is 14.1. The predicted octanol–water partition coefficient (Wildman–Crippen LogP) is 4.50. The smallest absolute Gasteiger partial charge is 0.0216 e. The maximum absolute atomic E-state index is 2.38. The van der Waals surface area contributed by atoms with Crippen LogP contribution in [0.5, 0.6) is 0 Å². The average molecular weight is 190 g/mol. The molecular weight excluding hydrogens is 168 g/mol. The van der Waals surface area contributed by atoms with E-state index >= 15 is 0 Å². The Balaban J connectivity index is 3.14. The van der Waals surface area contributed by atoms with Crippen LogP contribution in [-0.2, 0) is 6.42 Å². The van der Waals surface area contributed by atoms with Crippen molar-refractivity contribution in [3.63, 3.8) is 0 Å². The quantitative estimate of drug-likeness (QED) is 0.658. The zero-order chi connectivity index (χ0) is 10.7. The molecule has 0 atom stereocenters. The molecule has 1 rings (SSSR count). The van der Waals surface area contributed by atoms with Crippen molar-refractivity contribution in [2.75, 3.05) is 0 Å². The Kier molecular flexibility index (Phi) is 3.74. The molecule has 0 saturated heterocycles. The molecule has 0 N–H and O–H groups in total. The lowest BCUT2D eigenvalue weighted by Gasteiger charge is -2.15. The van der Waals surface area contributed by atoms with Crippen molar-refractivity contribution < 1.29 is 0 Å². The Morgan fingerprint density at radius 2 is 1.64 bits per heavy atom. The third-order valence-corrected chi connectivity index (χ3v) is 2.84. The summed E-state index contributed by atoms with van der Waals surface area (Å²) in [6, 6.07) is 6.95. The van der Waals surface area contributed by atoms with Crippen LogP contribution >= 0.6 is 0 Å². The molecule has 0 heterocycles. The summed E-state index contributed by atoms with van der Waals surface area (Å²) < 4.78 is 0. The molecule has 78 valence electrons. The van der Waals surface area contributed by atoms with Crippen LogP contribution in [0.2, 0.25) is 0 Å². The molecule has 0 aromatic heterocycles. The van der Waals surface area contributed by atoms with Gasteiger partial charge >= 0.3 is 0 Å². The highest BCUT2D eigenvalue weighted by molar-refractivity contribution is 5.35. The lowest BCUT2D eigenvalue weighted by Crippen LogP contribution is -1.98. The summed E-state index contributed by atoms with van der Waals surface area (Å²) in [7, 11) is 0. The fourth-order valence-electron chi connectivity index (χ4n) is 1.83. The molecule has 0 radical (unpaired) electrons. The van der Waals surface area contributed by atoms with Crippen LogP contribution in [0.4, 0.5) is 0 Å². The maximum Gasteiger partial charge on any atom is -0.0216 e. The van der Waals surface area contributed by atoms with E-state index < -0.39 is 0 Å². The second kappa shape index (κ2) is 4.63. The number of rotatable bonds is 3. The van der Waals surface area contributed by atoms with E-state index in [2.05, 4.69) is 52.8 Å². The zero-order valence-electron chi connectivity index (χ0n) is 10.1. The van der Waals surface area contributed by atoms with E-state index in [1.165, 1.54) is 16.7 Å². The molecule has 0 aliphatic rings. The van der Waals surface area contributed by atoms with Crippen LogP contribution < -0.4 is 0 Å². The SMILES string of the molecule is CCc1ccc(C(C)C)cc1C(C)C. The minimum absolute atomic E-state index is 0.637. The van der Waals surface area contributed by atoms with E-state index in [0.717, 1.165) is 6.42 Å². The van der Waals surface area contributed by atoms with Gasteiger partial charge in [-0.2, -0.15) is 0 Å². The summed E-state index contributed by atoms with van der Waals surface area (Å²) in [5.74, 6) is 1.28. The fourth-order valence-corrected chi connectivity index (χ4v) is 1.83. The maximum atomic E-state index is 2.38. The first-order valence-corrected chi connectivity index (χ1v) is 5.69. The van der Waals surface area contributed by atoms with Crippen LogP contribution in [0, 0.1) is 0 Å². The number of hydrogen-bond donors (Lipinski definition) is 0. The Bertz CT molecular complexity index is 295. The molecule has 0 saturated carbocycles. The Morgan fingerprint density at radius 3 is 2.07 bits per heavy atom. The molecule has 0 unspecified atom stereocenters. The highest BCUT2D eigenvalue weighted by Crippen LogP contribution is 2.25. The van der Waals surface area contributed by atoms with Crippen molar-refractivity contribution in [3.05, 3.63) is 34.9 Å². The molecule has 1 aromatic rings. The Hall–Kier alpha value is -0.780. The molecule has 0 nitrogen and oxygen atoms in total. The molecule has 0 amide bonds. The second-order valence-corrected chi connectivity index (χ2v) is 4.62. The average Bonchev–Trinajstić information content (AvgIpc) is 2.16. The first-order chi connectivity index (χ1) is 6.56. The van der Waals surface area contributed by atoms with Crippen molar-refractivity contribution in [2.24, 2.45) is 0 Å². The van der Waals surface area contributed by atoms with E-state index in [1.54, 1.807) is 0 Å². The van der Waals surface area contributed by atoms with Gasteiger partial charge in [-0.3, -0.25) is 0 Å². The van der Waals surface area contributed by atoms with Gasteiger partial charge < -0.3 is 0 Å². The zero-order valence-corrected chi connectivity index (χ0v) is 10.1. The van der Waals surface area contributed by atoms with E-state index in [0.29, 0.717) is 11.8 Å². The van der Waals surface area contributed by atoms with Gasteiger partial charge in [0.15, 0.2) is 0 Å². The van der Waals surface area contributed by atoms with E-state index in [4.69, 9.17) is 0 Å². The lowest BCUT2D eigenvalue weighted by molar-refractivity contribution is 0.818. The summed E-state index contributed by atoms with van der Waals surface area (Å²) in [6.07, 6.45) is 1.14. The van der Waals surface area contributed by atoms with Crippen molar-refractivity contribution >= 4 is 0 Å². The molecule has 14 heavy (non-hydrogen) atoms. The summed E-state index contributed by atoms with van der Waals surface area (Å²) >= 11 is 0. The molecular formula is C14H22. The third kappa shape index (κ3) is 2.37. The fraction of sp³-hybridized carbons (Fsp3) is 0.571. The molecule has 0 spiro atoms. The van der Waals surface area contributed by atoms with Crippen molar-refractivity contribution in [2.45, 2.75) is 52.9 Å². The van der Waals surface area contributed by atoms with Crippen LogP contribution in [0.15, 0.2) is 18.2 Å². The van der Waals surface area contributed by atoms with Gasteiger partial charge in [0.1, 0.15) is 0 Å². The number of aryl methyl sites for hydroxylation is 1. The minimum atomic E-state index is 0.637. The van der Waals surface area contributed by atoms with E-state index in [-0.39, 0.29) is 0 Å². The van der Waals surface area contributed by atoms with Gasteiger partial charge in [0.2, 0.25) is 0 Å². The van der Waals surface area contributed by atoms with Crippen molar-refractivity contribution in [1.29, 1.82) is 0 Å². The largest absolute Gasteiger partial charge is 0.0613 e. The van der Waals surface area contributed by atoms with Gasteiger partial charge in [-0.15, -0.1) is 0 Å². The summed E-state index contributed by atoms with van der Waals surface area (Å²) in [5.41, 5.74) is 4.49. The van der Waals surface area contributed by atoms with Gasteiger partial charge in [0.25, 0.3) is 0 Å². The van der Waals surface area contributed by atoms with Crippen LogP contribution in [0.1, 0.15) is 63.1 Å². The molecule has 0 aliphatic carbocycles. The van der Waals surface area contributed by atoms with Gasteiger partial charge in [-0.05, 0) is 34.9 Å². The molecule has 0 aliphatic heterocycles. The first kappa shape index (κ1) is 11.3. The van der Waals surface area contributed by atoms with Gasteiger partial charge in [-0.1, -0.05) is 52.8 Å². The van der Waals surface area contributed by atoms with Crippen molar-refractivity contribution in [1.82, 2.24) is 0 Å². The number of hydrogen-bond acceptors (Lipinski definition) is 0. The molecule has 1 aromatic carbocycles. The first-order valence-electron chi connectivity index (χ1n) is 5.69. The molecule has 0 fully saturated rings. The van der Waals surface area contributed by atoms with Crippen LogP contribution in [0.3, 0.4) is 0 Å². The van der Waals surface area contributed by atoms with E-state index in [9.17, 15) is 0 Å². The summed E-state index contributed by atoms with van der Waals surface area (Å²) in [5, 5.41) is 0. The van der Waals surface area contributed by atoms with Crippen LogP contribution in [-0.4, -0.2) is 0 Å². The van der Waals surface area contributed by atoms with Gasteiger partial charge in [0.05, 0.1) is 0 Å². The predicted molar refractivity (Wildman–Crippen MR) is 64.0 cm³/mol. The summed E-state index contributed by atoms with van der Waals surface area (Å²) in [4.78, 5) is 0. The molecule has 0 bridgehead atoms. The van der Waals surface area contributed by atoms with E-state index in [1.807, 2.05) is 0 Å². The Labute approximate surface area is 88.4 Å².